The van der Waals surface area contributed by atoms with Crippen LogP contribution in [0.2, 0.25) is 0 Å². The van der Waals surface area contributed by atoms with Crippen LogP contribution >= 0.6 is 28.6 Å². The van der Waals surface area contributed by atoms with E-state index in [1.54, 1.807) is 16.7 Å². The Hall–Kier alpha value is -0.220. The highest BCUT2D eigenvalue weighted by molar-refractivity contribution is 9.10. The number of nitrogens with zero attached hydrogens (tertiary/aromatic N) is 1. The van der Waals surface area contributed by atoms with E-state index < -0.39 is 0 Å². The van der Waals surface area contributed by atoms with Crippen LogP contribution < -0.4 is 5.56 Å². The highest BCUT2D eigenvalue weighted by atomic mass is 79.9. The minimum absolute atomic E-state index is 0.0306. The Morgan fingerprint density at radius 2 is 2.14 bits per heavy atom. The first-order chi connectivity index (χ1) is 6.44. The molecular weight excluding hydrogens is 262 g/mol. The van der Waals surface area contributed by atoms with Crippen molar-refractivity contribution in [1.29, 1.82) is 0 Å². The molecular formula is C10H14BrNOS. The fraction of sp³-hybridized carbons (Fsp3) is 0.500. The Morgan fingerprint density at radius 1 is 1.50 bits per heavy atom. The van der Waals surface area contributed by atoms with Gasteiger partial charge in [-0.1, -0.05) is 13.8 Å². The molecule has 0 spiro atoms. The van der Waals surface area contributed by atoms with Crippen LogP contribution in [0.5, 0.6) is 0 Å². The molecule has 14 heavy (non-hydrogen) atoms. The number of hydrogen-bond acceptors (Lipinski definition) is 2. The van der Waals surface area contributed by atoms with Gasteiger partial charge in [0, 0.05) is 23.3 Å². The number of halogens is 1. The van der Waals surface area contributed by atoms with E-state index in [0.717, 1.165) is 10.2 Å². The molecule has 0 aliphatic carbocycles. The van der Waals surface area contributed by atoms with E-state index in [9.17, 15) is 4.79 Å². The van der Waals surface area contributed by atoms with Gasteiger partial charge < -0.3 is 4.57 Å². The largest absolute Gasteiger partial charge is 0.314 e. The average Bonchev–Trinajstić information content (AvgIpc) is 2.11. The Morgan fingerprint density at radius 3 is 2.71 bits per heavy atom. The third kappa shape index (κ3) is 3.17. The molecule has 0 aliphatic rings. The lowest BCUT2D eigenvalue weighted by Crippen LogP contribution is -2.28. The summed E-state index contributed by atoms with van der Waals surface area (Å²) < 4.78 is 2.63. The summed E-state index contributed by atoms with van der Waals surface area (Å²) in [7, 11) is 0. The van der Waals surface area contributed by atoms with Gasteiger partial charge >= 0.3 is 0 Å². The second kappa shape index (κ2) is 4.53. The van der Waals surface area contributed by atoms with Gasteiger partial charge in [-0.05, 0) is 33.2 Å². The third-order valence-corrected chi connectivity index (χ3v) is 3.30. The standard InChI is InChI=1S/C10H14BrNOS/c1-10(2,7-14)6-12-5-8(11)3-4-9(12)13/h3-5,14H,6-7H2,1-2H3. The monoisotopic (exact) mass is 275 g/mol. The zero-order valence-electron chi connectivity index (χ0n) is 8.33. The van der Waals surface area contributed by atoms with E-state index in [0.29, 0.717) is 6.54 Å². The molecule has 1 rings (SSSR count). The van der Waals surface area contributed by atoms with E-state index in [1.807, 2.05) is 6.20 Å². The van der Waals surface area contributed by atoms with Crippen molar-refractivity contribution in [2.75, 3.05) is 5.75 Å². The normalized spacial score (nSPS) is 11.7. The molecule has 0 radical (unpaired) electrons. The zero-order chi connectivity index (χ0) is 10.8. The van der Waals surface area contributed by atoms with Crippen LogP contribution in [0.4, 0.5) is 0 Å². The maximum absolute atomic E-state index is 11.5. The lowest BCUT2D eigenvalue weighted by molar-refractivity contribution is 0.347. The van der Waals surface area contributed by atoms with Gasteiger partial charge in [-0.25, -0.2) is 0 Å². The van der Waals surface area contributed by atoms with Gasteiger partial charge in [-0.3, -0.25) is 4.79 Å². The van der Waals surface area contributed by atoms with Crippen LogP contribution in [-0.4, -0.2) is 10.3 Å². The molecule has 0 saturated heterocycles. The number of rotatable bonds is 3. The molecule has 0 amide bonds. The topological polar surface area (TPSA) is 22.0 Å². The maximum atomic E-state index is 11.5. The van der Waals surface area contributed by atoms with Crippen molar-refractivity contribution in [3.8, 4) is 0 Å². The summed E-state index contributed by atoms with van der Waals surface area (Å²) >= 11 is 7.61. The van der Waals surface area contributed by atoms with Gasteiger partial charge in [0.1, 0.15) is 0 Å². The van der Waals surface area contributed by atoms with Gasteiger partial charge in [0.05, 0.1) is 0 Å². The first-order valence-electron chi connectivity index (χ1n) is 4.41. The summed E-state index contributed by atoms with van der Waals surface area (Å²) in [6.07, 6.45) is 1.81. The second-order valence-corrected chi connectivity index (χ2v) is 5.37. The Balaban J connectivity index is 2.97. The summed E-state index contributed by atoms with van der Waals surface area (Å²) in [5, 5.41) is 0. The van der Waals surface area contributed by atoms with Gasteiger partial charge in [0.2, 0.25) is 0 Å². The van der Waals surface area contributed by atoms with Gasteiger partial charge in [0.25, 0.3) is 5.56 Å². The highest BCUT2D eigenvalue weighted by Crippen LogP contribution is 2.19. The van der Waals surface area contributed by atoms with Gasteiger partial charge in [0.15, 0.2) is 0 Å². The Kier molecular flexibility index (Phi) is 3.84. The first-order valence-corrected chi connectivity index (χ1v) is 5.84. The van der Waals surface area contributed by atoms with Crippen LogP contribution in [0.3, 0.4) is 0 Å². The van der Waals surface area contributed by atoms with E-state index in [1.165, 1.54) is 0 Å². The predicted molar refractivity (Wildman–Crippen MR) is 66.0 cm³/mol. The SMILES string of the molecule is CC(C)(CS)Cn1cc(Br)ccc1=O. The smallest absolute Gasteiger partial charge is 0.250 e. The summed E-state index contributed by atoms with van der Waals surface area (Å²) in [5.74, 6) is 0.756. The summed E-state index contributed by atoms with van der Waals surface area (Å²) in [6.45, 7) is 4.87. The van der Waals surface area contributed by atoms with E-state index in [4.69, 9.17) is 0 Å². The van der Waals surface area contributed by atoms with Crippen molar-refractivity contribution >= 4 is 28.6 Å². The van der Waals surface area contributed by atoms with Crippen LogP contribution in [0.25, 0.3) is 0 Å². The number of pyridine rings is 1. The maximum Gasteiger partial charge on any atom is 0.250 e. The fourth-order valence-corrected chi connectivity index (χ4v) is 1.62. The molecule has 0 atom stereocenters. The predicted octanol–water partition coefficient (Wildman–Crippen LogP) is 2.57. The molecule has 4 heteroatoms. The highest BCUT2D eigenvalue weighted by Gasteiger charge is 2.16. The summed E-state index contributed by atoms with van der Waals surface area (Å²) in [5.41, 5.74) is 0.0661. The zero-order valence-corrected chi connectivity index (χ0v) is 10.8. The van der Waals surface area contributed by atoms with Crippen LogP contribution in [0, 0.1) is 5.41 Å². The minimum atomic E-state index is 0.0306. The molecule has 1 aromatic heterocycles. The van der Waals surface area contributed by atoms with E-state index in [-0.39, 0.29) is 11.0 Å². The number of aromatic nitrogens is 1. The Labute approximate surface area is 97.9 Å². The van der Waals surface area contributed by atoms with Crippen LogP contribution in [0.1, 0.15) is 13.8 Å². The van der Waals surface area contributed by atoms with Gasteiger partial charge in [-0.2, -0.15) is 12.6 Å². The fourth-order valence-electron chi connectivity index (χ4n) is 1.14. The lowest BCUT2D eigenvalue weighted by atomic mass is 9.96. The van der Waals surface area contributed by atoms with Crippen molar-refractivity contribution < 1.29 is 0 Å². The lowest BCUT2D eigenvalue weighted by Gasteiger charge is -2.23. The molecule has 78 valence electrons. The molecule has 0 unspecified atom stereocenters. The molecule has 0 saturated carbocycles. The first kappa shape index (κ1) is 11.9. The second-order valence-electron chi connectivity index (χ2n) is 4.14. The van der Waals surface area contributed by atoms with Crippen LogP contribution in [-0.2, 0) is 6.54 Å². The molecule has 1 aromatic rings. The van der Waals surface area contributed by atoms with Crippen molar-refractivity contribution in [3.05, 3.63) is 33.2 Å². The van der Waals surface area contributed by atoms with Crippen molar-refractivity contribution in [1.82, 2.24) is 4.57 Å². The quantitative estimate of drug-likeness (QED) is 0.842. The Bertz CT molecular complexity index is 373. The van der Waals surface area contributed by atoms with E-state index in [2.05, 4.69) is 42.4 Å². The van der Waals surface area contributed by atoms with E-state index >= 15 is 0 Å². The molecule has 0 aliphatic heterocycles. The molecule has 0 fully saturated rings. The van der Waals surface area contributed by atoms with Crippen molar-refractivity contribution in [3.63, 3.8) is 0 Å². The molecule has 0 bridgehead atoms. The van der Waals surface area contributed by atoms with Crippen LogP contribution in [0.15, 0.2) is 27.6 Å². The average molecular weight is 276 g/mol. The summed E-state index contributed by atoms with van der Waals surface area (Å²) in [6, 6.07) is 3.32. The molecule has 1 heterocycles. The number of hydrogen-bond donors (Lipinski definition) is 1. The minimum Gasteiger partial charge on any atom is -0.314 e. The van der Waals surface area contributed by atoms with Gasteiger partial charge in [-0.15, -0.1) is 0 Å². The summed E-state index contributed by atoms with van der Waals surface area (Å²) in [4.78, 5) is 11.5. The molecule has 0 aromatic carbocycles. The number of thiol groups is 1. The molecule has 0 N–H and O–H groups in total. The van der Waals surface area contributed by atoms with Crippen molar-refractivity contribution in [2.24, 2.45) is 5.41 Å². The third-order valence-electron chi connectivity index (χ3n) is 1.97. The van der Waals surface area contributed by atoms with Crippen molar-refractivity contribution in [2.45, 2.75) is 20.4 Å². The molecule has 2 nitrogen and oxygen atoms in total.